The van der Waals surface area contributed by atoms with Crippen molar-refractivity contribution in [3.05, 3.63) is 35.4 Å². The smallest absolute Gasteiger partial charge is 0.193 e. The highest BCUT2D eigenvalue weighted by Gasteiger charge is 2.18. The van der Waals surface area contributed by atoms with Crippen molar-refractivity contribution in [1.29, 1.82) is 0 Å². The zero-order valence-electron chi connectivity index (χ0n) is 9.90. The van der Waals surface area contributed by atoms with Crippen LogP contribution in [0.5, 0.6) is 0 Å². The van der Waals surface area contributed by atoms with Gasteiger partial charge in [-0.05, 0) is 11.0 Å². The van der Waals surface area contributed by atoms with Crippen molar-refractivity contribution >= 4 is 5.78 Å². The number of hydrogen-bond acceptors (Lipinski definition) is 3. The second-order valence-electron chi connectivity index (χ2n) is 4.89. The summed E-state index contributed by atoms with van der Waals surface area (Å²) in [6, 6.07) is 7.11. The van der Waals surface area contributed by atoms with Gasteiger partial charge in [0, 0.05) is 5.56 Å². The Morgan fingerprint density at radius 2 is 1.75 bits per heavy atom. The Labute approximate surface area is 95.7 Å². The molecule has 0 saturated heterocycles. The number of carbonyl (C=O) groups excluding carboxylic acids is 1. The van der Waals surface area contributed by atoms with Gasteiger partial charge in [-0.1, -0.05) is 45.0 Å². The Hall–Kier alpha value is -1.19. The maximum absolute atomic E-state index is 11.5. The molecule has 0 spiro atoms. The zero-order valence-corrected chi connectivity index (χ0v) is 9.90. The van der Waals surface area contributed by atoms with Gasteiger partial charge in [0.15, 0.2) is 5.78 Å². The second kappa shape index (κ2) is 4.76. The van der Waals surface area contributed by atoms with Gasteiger partial charge in [0.2, 0.25) is 0 Å². The minimum atomic E-state index is -1.32. The van der Waals surface area contributed by atoms with E-state index in [-0.39, 0.29) is 5.41 Å². The van der Waals surface area contributed by atoms with Gasteiger partial charge in [-0.15, -0.1) is 0 Å². The van der Waals surface area contributed by atoms with Crippen LogP contribution in [0.4, 0.5) is 0 Å². The van der Waals surface area contributed by atoms with Crippen molar-refractivity contribution in [2.75, 3.05) is 6.61 Å². The lowest BCUT2D eigenvalue weighted by Crippen LogP contribution is -2.24. The van der Waals surface area contributed by atoms with Gasteiger partial charge in [0.25, 0.3) is 0 Å². The van der Waals surface area contributed by atoms with Crippen LogP contribution < -0.4 is 0 Å². The van der Waals surface area contributed by atoms with Crippen LogP contribution in [0.2, 0.25) is 0 Å². The molecule has 0 amide bonds. The summed E-state index contributed by atoms with van der Waals surface area (Å²) in [6.07, 6.45) is -1.32. The molecule has 1 atom stereocenters. The predicted octanol–water partition coefficient (Wildman–Crippen LogP) is 1.52. The van der Waals surface area contributed by atoms with E-state index in [1.165, 1.54) is 0 Å². The second-order valence-corrected chi connectivity index (χ2v) is 4.89. The van der Waals surface area contributed by atoms with Crippen LogP contribution >= 0.6 is 0 Å². The standard InChI is InChI=1S/C13H18O3/c1-13(2,3)10-6-4-9(5-7-10)12(16)11(15)8-14/h4-7,11,14-15H,8H2,1-3H3. The first-order valence-electron chi connectivity index (χ1n) is 5.30. The molecule has 0 aliphatic heterocycles. The van der Waals surface area contributed by atoms with Crippen molar-refractivity contribution in [1.82, 2.24) is 0 Å². The summed E-state index contributed by atoms with van der Waals surface area (Å²) < 4.78 is 0. The highest BCUT2D eigenvalue weighted by atomic mass is 16.3. The highest BCUT2D eigenvalue weighted by Crippen LogP contribution is 2.22. The van der Waals surface area contributed by atoms with Crippen LogP contribution in [0.15, 0.2) is 24.3 Å². The molecule has 3 heteroatoms. The van der Waals surface area contributed by atoms with Crippen molar-refractivity contribution in [2.24, 2.45) is 0 Å². The highest BCUT2D eigenvalue weighted by molar-refractivity contribution is 5.99. The third kappa shape index (κ3) is 2.90. The third-order valence-electron chi connectivity index (χ3n) is 2.51. The normalized spacial score (nSPS) is 13.6. The minimum Gasteiger partial charge on any atom is -0.393 e. The molecule has 0 aliphatic rings. The molecule has 1 rings (SSSR count). The first kappa shape index (κ1) is 12.9. The molecule has 0 heterocycles. The molecule has 0 aromatic heterocycles. The molecule has 0 aliphatic carbocycles. The van der Waals surface area contributed by atoms with E-state index < -0.39 is 18.5 Å². The number of rotatable bonds is 3. The number of aliphatic hydroxyl groups excluding tert-OH is 2. The Bertz CT molecular complexity index is 360. The monoisotopic (exact) mass is 222 g/mol. The van der Waals surface area contributed by atoms with Crippen molar-refractivity contribution in [3.8, 4) is 0 Å². The van der Waals surface area contributed by atoms with Gasteiger partial charge >= 0.3 is 0 Å². The summed E-state index contributed by atoms with van der Waals surface area (Å²) in [5.74, 6) is -0.442. The first-order valence-corrected chi connectivity index (χ1v) is 5.30. The van der Waals surface area contributed by atoms with Crippen LogP contribution in [0.25, 0.3) is 0 Å². The first-order chi connectivity index (χ1) is 7.36. The SMILES string of the molecule is CC(C)(C)c1ccc(C(=O)C(O)CO)cc1. The number of Topliss-reactive ketones (excluding diaryl/α,β-unsaturated/α-hetero) is 1. The Morgan fingerprint density at radius 3 is 2.12 bits per heavy atom. The van der Waals surface area contributed by atoms with E-state index in [2.05, 4.69) is 20.8 Å². The third-order valence-corrected chi connectivity index (χ3v) is 2.51. The van der Waals surface area contributed by atoms with E-state index in [0.717, 1.165) is 5.56 Å². The Morgan fingerprint density at radius 1 is 1.25 bits per heavy atom. The molecule has 88 valence electrons. The van der Waals surface area contributed by atoms with Gasteiger partial charge in [-0.2, -0.15) is 0 Å². The Kier molecular flexibility index (Phi) is 3.83. The molecule has 2 N–H and O–H groups in total. The molecular weight excluding hydrogens is 204 g/mol. The van der Waals surface area contributed by atoms with Crippen LogP contribution in [-0.2, 0) is 5.41 Å². The zero-order chi connectivity index (χ0) is 12.3. The van der Waals surface area contributed by atoms with Gasteiger partial charge in [0.1, 0.15) is 6.10 Å². The number of carbonyl (C=O) groups is 1. The van der Waals surface area contributed by atoms with Crippen molar-refractivity contribution < 1.29 is 15.0 Å². The fraction of sp³-hybridized carbons (Fsp3) is 0.462. The Balaban J connectivity index is 2.91. The molecule has 0 radical (unpaired) electrons. The number of hydrogen-bond donors (Lipinski definition) is 2. The predicted molar refractivity (Wildman–Crippen MR) is 62.6 cm³/mol. The lowest BCUT2D eigenvalue weighted by molar-refractivity contribution is 0.0587. The summed E-state index contributed by atoms with van der Waals surface area (Å²) in [7, 11) is 0. The van der Waals surface area contributed by atoms with Gasteiger partial charge in [0.05, 0.1) is 6.61 Å². The summed E-state index contributed by atoms with van der Waals surface area (Å²) in [5, 5.41) is 17.9. The fourth-order valence-corrected chi connectivity index (χ4v) is 1.41. The lowest BCUT2D eigenvalue weighted by atomic mass is 9.86. The quantitative estimate of drug-likeness (QED) is 0.762. The fourth-order valence-electron chi connectivity index (χ4n) is 1.41. The van der Waals surface area contributed by atoms with Gasteiger partial charge in [-0.3, -0.25) is 4.79 Å². The van der Waals surface area contributed by atoms with E-state index in [9.17, 15) is 9.90 Å². The van der Waals surface area contributed by atoms with E-state index in [1.807, 2.05) is 12.1 Å². The molecule has 1 aromatic carbocycles. The van der Waals surface area contributed by atoms with Crippen LogP contribution in [0.3, 0.4) is 0 Å². The summed E-state index contributed by atoms with van der Waals surface area (Å²) >= 11 is 0. The lowest BCUT2D eigenvalue weighted by Gasteiger charge is -2.19. The maximum atomic E-state index is 11.5. The van der Waals surface area contributed by atoms with Crippen LogP contribution in [0.1, 0.15) is 36.7 Å². The van der Waals surface area contributed by atoms with E-state index in [1.54, 1.807) is 12.1 Å². The minimum absolute atomic E-state index is 0.0389. The molecule has 0 saturated carbocycles. The number of ketones is 1. The average molecular weight is 222 g/mol. The summed E-state index contributed by atoms with van der Waals surface area (Å²) in [4.78, 5) is 11.5. The van der Waals surface area contributed by atoms with Gasteiger partial charge < -0.3 is 10.2 Å². The average Bonchev–Trinajstić information content (AvgIpc) is 2.26. The molecular formula is C13H18O3. The molecule has 1 unspecified atom stereocenters. The molecule has 0 fully saturated rings. The molecule has 0 bridgehead atoms. The summed E-state index contributed by atoms with van der Waals surface area (Å²) in [6.45, 7) is 5.73. The molecule has 3 nitrogen and oxygen atoms in total. The molecule has 1 aromatic rings. The van der Waals surface area contributed by atoms with Crippen LogP contribution in [-0.4, -0.2) is 28.7 Å². The van der Waals surface area contributed by atoms with Crippen molar-refractivity contribution in [2.45, 2.75) is 32.3 Å². The summed E-state index contributed by atoms with van der Waals surface area (Å²) in [5.41, 5.74) is 1.59. The largest absolute Gasteiger partial charge is 0.393 e. The van der Waals surface area contributed by atoms with Crippen molar-refractivity contribution in [3.63, 3.8) is 0 Å². The number of benzene rings is 1. The topological polar surface area (TPSA) is 57.5 Å². The number of aliphatic hydroxyl groups is 2. The van der Waals surface area contributed by atoms with E-state index in [4.69, 9.17) is 5.11 Å². The van der Waals surface area contributed by atoms with E-state index >= 15 is 0 Å². The van der Waals surface area contributed by atoms with E-state index in [0.29, 0.717) is 5.56 Å². The van der Waals surface area contributed by atoms with Crippen LogP contribution in [0, 0.1) is 0 Å². The molecule has 16 heavy (non-hydrogen) atoms. The maximum Gasteiger partial charge on any atom is 0.193 e. The van der Waals surface area contributed by atoms with Gasteiger partial charge in [-0.25, -0.2) is 0 Å².